The van der Waals surface area contributed by atoms with Crippen molar-refractivity contribution in [3.05, 3.63) is 18.1 Å². The fourth-order valence-corrected chi connectivity index (χ4v) is 3.05. The molecule has 0 amide bonds. The minimum absolute atomic E-state index is 0.270. The summed E-state index contributed by atoms with van der Waals surface area (Å²) in [6, 6.07) is 2.15. The third kappa shape index (κ3) is 2.85. The molecule has 2 aromatic rings. The number of piperidine rings is 1. The smallest absolute Gasteiger partial charge is 0.200 e. The molecule has 2 aromatic heterocycles. The fourth-order valence-electron chi connectivity index (χ4n) is 3.05. The summed E-state index contributed by atoms with van der Waals surface area (Å²) in [5.41, 5.74) is 3.00. The largest absolute Gasteiger partial charge is 0.396 e. The standard InChI is InChI=1S/C15H23N5O/c1-11(2)13-8-14(15-17-16-10-20(15)18-13)19-6-3-4-12(9-19)5-7-21/h8,10-12,21H,3-7,9H2,1-2H3. The number of aliphatic hydroxyl groups excluding tert-OH is 1. The summed E-state index contributed by atoms with van der Waals surface area (Å²) in [6.07, 6.45) is 4.90. The van der Waals surface area contributed by atoms with Gasteiger partial charge < -0.3 is 10.0 Å². The molecule has 0 aliphatic carbocycles. The Morgan fingerprint density at radius 3 is 3.05 bits per heavy atom. The van der Waals surface area contributed by atoms with Crippen LogP contribution in [0, 0.1) is 5.92 Å². The van der Waals surface area contributed by atoms with E-state index in [0.717, 1.165) is 43.0 Å². The molecule has 0 aromatic carbocycles. The number of hydrogen-bond donors (Lipinski definition) is 1. The fraction of sp³-hybridized carbons (Fsp3) is 0.667. The zero-order valence-corrected chi connectivity index (χ0v) is 12.7. The summed E-state index contributed by atoms with van der Waals surface area (Å²) in [7, 11) is 0. The zero-order valence-electron chi connectivity index (χ0n) is 12.7. The van der Waals surface area contributed by atoms with Gasteiger partial charge >= 0.3 is 0 Å². The predicted octanol–water partition coefficient (Wildman–Crippen LogP) is 1.85. The van der Waals surface area contributed by atoms with E-state index < -0.39 is 0 Å². The van der Waals surface area contributed by atoms with E-state index >= 15 is 0 Å². The van der Waals surface area contributed by atoms with E-state index in [1.165, 1.54) is 6.42 Å². The maximum Gasteiger partial charge on any atom is 0.200 e. The Kier molecular flexibility index (Phi) is 4.05. The van der Waals surface area contributed by atoms with Gasteiger partial charge in [0.05, 0.1) is 11.4 Å². The molecule has 0 radical (unpaired) electrons. The van der Waals surface area contributed by atoms with E-state index in [-0.39, 0.29) is 6.61 Å². The predicted molar refractivity (Wildman–Crippen MR) is 81.5 cm³/mol. The summed E-state index contributed by atoms with van der Waals surface area (Å²) < 4.78 is 1.78. The number of hydrogen-bond acceptors (Lipinski definition) is 5. The number of rotatable bonds is 4. The Morgan fingerprint density at radius 1 is 1.43 bits per heavy atom. The second kappa shape index (κ2) is 5.97. The highest BCUT2D eigenvalue weighted by atomic mass is 16.3. The molecule has 0 bridgehead atoms. The highest BCUT2D eigenvalue weighted by Gasteiger charge is 2.23. The lowest BCUT2D eigenvalue weighted by Gasteiger charge is -2.34. The maximum absolute atomic E-state index is 9.18. The number of fused-ring (bicyclic) bond motifs is 1. The summed E-state index contributed by atoms with van der Waals surface area (Å²) in [5, 5.41) is 22.0. The minimum atomic E-state index is 0.270. The second-order valence-corrected chi connectivity index (χ2v) is 6.17. The third-order valence-electron chi connectivity index (χ3n) is 4.26. The highest BCUT2D eigenvalue weighted by Crippen LogP contribution is 2.29. The van der Waals surface area contributed by atoms with Crippen molar-refractivity contribution in [3.63, 3.8) is 0 Å². The number of aromatic nitrogens is 4. The summed E-state index contributed by atoms with van der Waals surface area (Å²) in [4.78, 5) is 2.38. The Morgan fingerprint density at radius 2 is 2.29 bits per heavy atom. The molecule has 3 heterocycles. The first-order chi connectivity index (χ1) is 10.2. The number of aliphatic hydroxyl groups is 1. The molecule has 6 heteroatoms. The van der Waals surface area contributed by atoms with Crippen LogP contribution in [0.2, 0.25) is 0 Å². The van der Waals surface area contributed by atoms with Crippen LogP contribution < -0.4 is 4.90 Å². The van der Waals surface area contributed by atoms with Gasteiger partial charge in [-0.1, -0.05) is 13.8 Å². The third-order valence-corrected chi connectivity index (χ3v) is 4.26. The lowest BCUT2D eigenvalue weighted by molar-refractivity contribution is 0.244. The van der Waals surface area contributed by atoms with Gasteiger partial charge in [0.1, 0.15) is 6.33 Å². The van der Waals surface area contributed by atoms with E-state index in [1.807, 2.05) is 0 Å². The molecule has 1 aliphatic rings. The van der Waals surface area contributed by atoms with E-state index in [9.17, 15) is 5.11 Å². The van der Waals surface area contributed by atoms with Crippen molar-refractivity contribution in [2.24, 2.45) is 5.92 Å². The van der Waals surface area contributed by atoms with Gasteiger partial charge in [-0.3, -0.25) is 0 Å². The van der Waals surface area contributed by atoms with Crippen LogP contribution in [0.1, 0.15) is 44.7 Å². The molecule has 3 rings (SSSR count). The van der Waals surface area contributed by atoms with Crippen LogP contribution in [0.5, 0.6) is 0 Å². The van der Waals surface area contributed by atoms with Crippen molar-refractivity contribution in [2.45, 2.75) is 39.0 Å². The molecule has 114 valence electrons. The first-order valence-electron chi connectivity index (χ1n) is 7.75. The first kappa shape index (κ1) is 14.3. The molecule has 1 aliphatic heterocycles. The Labute approximate surface area is 124 Å². The number of anilines is 1. The average molecular weight is 289 g/mol. The lowest BCUT2D eigenvalue weighted by atomic mass is 9.94. The van der Waals surface area contributed by atoms with Gasteiger partial charge in [-0.25, -0.2) is 0 Å². The SMILES string of the molecule is CC(C)c1cc(N2CCCC(CCO)C2)c2nncn2n1. The van der Waals surface area contributed by atoms with Crippen LogP contribution >= 0.6 is 0 Å². The van der Waals surface area contributed by atoms with Crippen LogP contribution in [0.3, 0.4) is 0 Å². The van der Waals surface area contributed by atoms with Gasteiger partial charge in [0.25, 0.3) is 0 Å². The monoisotopic (exact) mass is 289 g/mol. The van der Waals surface area contributed by atoms with Crippen molar-refractivity contribution in [3.8, 4) is 0 Å². The molecule has 0 saturated carbocycles. The summed E-state index contributed by atoms with van der Waals surface area (Å²) >= 11 is 0. The number of nitrogens with zero attached hydrogens (tertiary/aromatic N) is 5. The Bertz CT molecular complexity index is 607. The Hall–Kier alpha value is -1.69. The minimum Gasteiger partial charge on any atom is -0.396 e. The molecule has 1 atom stereocenters. The molecule has 1 unspecified atom stereocenters. The molecular weight excluding hydrogens is 266 g/mol. The van der Waals surface area contributed by atoms with Crippen LogP contribution in [-0.2, 0) is 0 Å². The van der Waals surface area contributed by atoms with E-state index in [2.05, 4.69) is 40.1 Å². The van der Waals surface area contributed by atoms with Crippen molar-refractivity contribution in [1.29, 1.82) is 0 Å². The van der Waals surface area contributed by atoms with Crippen molar-refractivity contribution < 1.29 is 5.11 Å². The topological polar surface area (TPSA) is 66.5 Å². The average Bonchev–Trinajstić information content (AvgIpc) is 2.95. The van der Waals surface area contributed by atoms with Gasteiger partial charge in [-0.15, -0.1) is 10.2 Å². The molecule has 0 spiro atoms. The highest BCUT2D eigenvalue weighted by molar-refractivity contribution is 5.68. The first-order valence-corrected chi connectivity index (χ1v) is 7.75. The van der Waals surface area contributed by atoms with Crippen molar-refractivity contribution in [2.75, 3.05) is 24.6 Å². The maximum atomic E-state index is 9.18. The van der Waals surface area contributed by atoms with Crippen molar-refractivity contribution in [1.82, 2.24) is 19.8 Å². The second-order valence-electron chi connectivity index (χ2n) is 6.17. The quantitative estimate of drug-likeness (QED) is 0.930. The van der Waals surface area contributed by atoms with Crippen LogP contribution in [0.4, 0.5) is 5.69 Å². The van der Waals surface area contributed by atoms with Gasteiger partial charge in [0.2, 0.25) is 5.65 Å². The molecular formula is C15H23N5O. The van der Waals surface area contributed by atoms with Gasteiger partial charge in [0.15, 0.2) is 0 Å². The molecule has 1 fully saturated rings. The van der Waals surface area contributed by atoms with E-state index in [4.69, 9.17) is 0 Å². The van der Waals surface area contributed by atoms with Crippen LogP contribution in [0.25, 0.3) is 5.65 Å². The normalized spacial score (nSPS) is 19.6. The van der Waals surface area contributed by atoms with Gasteiger partial charge in [-0.05, 0) is 37.2 Å². The summed E-state index contributed by atoms with van der Waals surface area (Å²) in [6.45, 7) is 6.57. The lowest BCUT2D eigenvalue weighted by Crippen LogP contribution is -2.36. The summed E-state index contributed by atoms with van der Waals surface area (Å²) in [5.74, 6) is 0.927. The van der Waals surface area contributed by atoms with Crippen molar-refractivity contribution >= 4 is 11.3 Å². The molecule has 6 nitrogen and oxygen atoms in total. The van der Waals surface area contributed by atoms with E-state index in [1.54, 1.807) is 10.8 Å². The zero-order chi connectivity index (χ0) is 14.8. The van der Waals surface area contributed by atoms with Gasteiger partial charge in [0, 0.05) is 19.7 Å². The van der Waals surface area contributed by atoms with Crippen LogP contribution in [-0.4, -0.2) is 44.6 Å². The Balaban J connectivity index is 1.96. The molecule has 21 heavy (non-hydrogen) atoms. The van der Waals surface area contributed by atoms with Crippen LogP contribution in [0.15, 0.2) is 12.4 Å². The molecule has 1 N–H and O–H groups in total. The molecule has 1 saturated heterocycles. The van der Waals surface area contributed by atoms with Gasteiger partial charge in [-0.2, -0.15) is 9.61 Å². The van der Waals surface area contributed by atoms with E-state index in [0.29, 0.717) is 11.8 Å².